The first-order chi connectivity index (χ1) is 14.4. The first-order valence-corrected chi connectivity index (χ1v) is 10.8. The normalized spacial score (nSPS) is 22.1. The smallest absolute Gasteiger partial charge is 0.243 e. The van der Waals surface area contributed by atoms with E-state index in [1.54, 1.807) is 25.1 Å². The van der Waals surface area contributed by atoms with Crippen LogP contribution in [0.4, 0.5) is 10.1 Å². The van der Waals surface area contributed by atoms with Crippen molar-refractivity contribution in [2.45, 2.75) is 44.8 Å². The van der Waals surface area contributed by atoms with E-state index in [-0.39, 0.29) is 30.4 Å². The Morgan fingerprint density at radius 1 is 1.33 bits per heavy atom. The summed E-state index contributed by atoms with van der Waals surface area (Å²) < 4.78 is 19.2. The first-order valence-electron chi connectivity index (χ1n) is 10.8. The lowest BCUT2D eigenvalue weighted by Gasteiger charge is -2.36. The van der Waals surface area contributed by atoms with Gasteiger partial charge in [-0.05, 0) is 56.4 Å². The van der Waals surface area contributed by atoms with Crippen molar-refractivity contribution in [2.24, 2.45) is 4.99 Å². The molecule has 2 N–H and O–H groups in total. The van der Waals surface area contributed by atoms with Crippen molar-refractivity contribution in [3.05, 3.63) is 29.6 Å². The summed E-state index contributed by atoms with van der Waals surface area (Å²) in [5, 5.41) is 6.85. The minimum atomic E-state index is -0.207. The highest BCUT2D eigenvalue weighted by molar-refractivity contribution is 5.85. The van der Waals surface area contributed by atoms with Gasteiger partial charge in [-0.15, -0.1) is 0 Å². The van der Waals surface area contributed by atoms with E-state index in [2.05, 4.69) is 20.5 Å². The van der Waals surface area contributed by atoms with Gasteiger partial charge in [0, 0.05) is 52.1 Å². The number of amides is 1. The number of aryl methyl sites for hydroxylation is 1. The van der Waals surface area contributed by atoms with Crippen LogP contribution in [-0.2, 0) is 9.53 Å². The quantitative estimate of drug-likeness (QED) is 0.545. The molecule has 0 spiro atoms. The Labute approximate surface area is 178 Å². The van der Waals surface area contributed by atoms with Gasteiger partial charge in [-0.3, -0.25) is 4.79 Å². The molecule has 3 rings (SSSR count). The van der Waals surface area contributed by atoms with E-state index in [0.717, 1.165) is 56.6 Å². The van der Waals surface area contributed by atoms with Crippen LogP contribution in [0.25, 0.3) is 0 Å². The number of ether oxygens (including phenoxy) is 1. The van der Waals surface area contributed by atoms with Crippen molar-refractivity contribution < 1.29 is 13.9 Å². The SMILES string of the molecule is Cc1cc(F)ccc1N1CCCC(NC(=NCC(=O)N(C)C)NCC2CCCO2)C1. The fourth-order valence-electron chi connectivity index (χ4n) is 3.94. The van der Waals surface area contributed by atoms with Crippen LogP contribution in [-0.4, -0.2) is 75.8 Å². The minimum absolute atomic E-state index is 0.0413. The Kier molecular flexibility index (Phi) is 7.90. The van der Waals surface area contributed by atoms with Crippen LogP contribution < -0.4 is 15.5 Å². The molecule has 2 aliphatic rings. The number of hydrogen-bond acceptors (Lipinski definition) is 4. The van der Waals surface area contributed by atoms with Gasteiger partial charge in [0.2, 0.25) is 5.91 Å². The third-order valence-electron chi connectivity index (χ3n) is 5.65. The van der Waals surface area contributed by atoms with Gasteiger partial charge in [0.05, 0.1) is 6.10 Å². The minimum Gasteiger partial charge on any atom is -0.376 e. The molecule has 2 saturated heterocycles. The van der Waals surface area contributed by atoms with Gasteiger partial charge in [-0.2, -0.15) is 0 Å². The number of anilines is 1. The topological polar surface area (TPSA) is 69.2 Å². The van der Waals surface area contributed by atoms with Crippen molar-refractivity contribution in [2.75, 3.05) is 51.8 Å². The Morgan fingerprint density at radius 2 is 2.17 bits per heavy atom. The second kappa shape index (κ2) is 10.6. The van der Waals surface area contributed by atoms with Gasteiger partial charge >= 0.3 is 0 Å². The molecule has 30 heavy (non-hydrogen) atoms. The number of benzene rings is 1. The van der Waals surface area contributed by atoms with Crippen LogP contribution in [0.2, 0.25) is 0 Å². The average molecular weight is 420 g/mol. The number of aliphatic imine (C=N–C) groups is 1. The lowest BCUT2D eigenvalue weighted by Crippen LogP contribution is -2.52. The van der Waals surface area contributed by atoms with E-state index in [4.69, 9.17) is 4.74 Å². The van der Waals surface area contributed by atoms with Crippen molar-refractivity contribution in [1.82, 2.24) is 15.5 Å². The number of piperidine rings is 1. The van der Waals surface area contributed by atoms with Crippen LogP contribution in [0.15, 0.2) is 23.2 Å². The largest absolute Gasteiger partial charge is 0.376 e. The number of halogens is 1. The third kappa shape index (κ3) is 6.32. The average Bonchev–Trinajstić information content (AvgIpc) is 3.23. The molecule has 2 aliphatic heterocycles. The van der Waals surface area contributed by atoms with E-state index in [0.29, 0.717) is 12.5 Å². The lowest BCUT2D eigenvalue weighted by atomic mass is 10.0. The first kappa shape index (κ1) is 22.3. The molecule has 2 unspecified atom stereocenters. The van der Waals surface area contributed by atoms with E-state index in [9.17, 15) is 9.18 Å². The summed E-state index contributed by atoms with van der Waals surface area (Å²) in [6.07, 6.45) is 4.35. The van der Waals surface area contributed by atoms with Gasteiger partial charge < -0.3 is 25.2 Å². The number of likely N-dealkylation sites (N-methyl/N-ethyl adjacent to an activating group) is 1. The molecular weight excluding hydrogens is 385 g/mol. The van der Waals surface area contributed by atoms with Crippen LogP contribution in [0, 0.1) is 12.7 Å². The summed E-state index contributed by atoms with van der Waals surface area (Å²) in [4.78, 5) is 20.3. The fraction of sp³-hybridized carbons (Fsp3) is 0.636. The summed E-state index contributed by atoms with van der Waals surface area (Å²) in [5.74, 6) is 0.394. The predicted molar refractivity (Wildman–Crippen MR) is 117 cm³/mol. The number of hydrogen-bond donors (Lipinski definition) is 2. The second-order valence-electron chi connectivity index (χ2n) is 8.33. The van der Waals surface area contributed by atoms with Gasteiger partial charge in [-0.1, -0.05) is 0 Å². The standard InChI is InChI=1S/C22H34FN5O2/c1-16-12-17(23)8-9-20(16)28-10-4-6-18(15-28)26-22(25-14-21(29)27(2)3)24-13-19-7-5-11-30-19/h8-9,12,18-19H,4-7,10-11,13-15H2,1-3H3,(H2,24,25,26). The fourth-order valence-corrected chi connectivity index (χ4v) is 3.94. The highest BCUT2D eigenvalue weighted by Gasteiger charge is 2.23. The number of carbonyl (C=O) groups is 1. The highest BCUT2D eigenvalue weighted by atomic mass is 19.1. The molecule has 8 heteroatoms. The van der Waals surface area contributed by atoms with E-state index in [1.165, 1.54) is 6.07 Å². The maximum Gasteiger partial charge on any atom is 0.243 e. The monoisotopic (exact) mass is 419 g/mol. The Bertz CT molecular complexity index is 749. The van der Waals surface area contributed by atoms with Gasteiger partial charge in [-0.25, -0.2) is 9.38 Å². The molecule has 0 saturated carbocycles. The molecule has 1 amide bonds. The zero-order valence-electron chi connectivity index (χ0n) is 18.3. The summed E-state index contributed by atoms with van der Waals surface area (Å²) in [7, 11) is 3.46. The molecule has 2 atom stereocenters. The van der Waals surface area contributed by atoms with Gasteiger partial charge in [0.25, 0.3) is 0 Å². The molecule has 0 bridgehead atoms. The molecule has 0 aliphatic carbocycles. The number of nitrogens with one attached hydrogen (secondary N) is 2. The lowest BCUT2D eigenvalue weighted by molar-refractivity contribution is -0.127. The molecule has 1 aromatic carbocycles. The molecule has 2 fully saturated rings. The summed E-state index contributed by atoms with van der Waals surface area (Å²) >= 11 is 0. The third-order valence-corrected chi connectivity index (χ3v) is 5.65. The number of nitrogens with zero attached hydrogens (tertiary/aromatic N) is 3. The molecule has 7 nitrogen and oxygen atoms in total. The summed E-state index contributed by atoms with van der Waals surface area (Å²) in [6.45, 7) is 5.27. The number of carbonyl (C=O) groups excluding carboxylic acids is 1. The Morgan fingerprint density at radius 3 is 2.87 bits per heavy atom. The summed E-state index contributed by atoms with van der Waals surface area (Å²) in [6, 6.07) is 5.14. The second-order valence-corrected chi connectivity index (χ2v) is 8.33. The zero-order valence-corrected chi connectivity index (χ0v) is 18.3. The highest BCUT2D eigenvalue weighted by Crippen LogP contribution is 2.24. The van der Waals surface area contributed by atoms with Crippen LogP contribution >= 0.6 is 0 Å². The van der Waals surface area contributed by atoms with Crippen molar-refractivity contribution in [3.8, 4) is 0 Å². The molecule has 2 heterocycles. The molecule has 1 aromatic rings. The van der Waals surface area contributed by atoms with E-state index in [1.807, 2.05) is 13.0 Å². The molecule has 166 valence electrons. The maximum absolute atomic E-state index is 13.5. The zero-order chi connectivity index (χ0) is 21.5. The van der Waals surface area contributed by atoms with Crippen molar-refractivity contribution in [1.29, 1.82) is 0 Å². The van der Waals surface area contributed by atoms with Gasteiger partial charge in [0.15, 0.2) is 5.96 Å². The predicted octanol–water partition coefficient (Wildman–Crippen LogP) is 1.91. The Balaban J connectivity index is 1.63. The summed E-state index contributed by atoms with van der Waals surface area (Å²) in [5.41, 5.74) is 2.01. The molecule has 0 aromatic heterocycles. The number of guanidine groups is 1. The number of rotatable bonds is 6. The van der Waals surface area contributed by atoms with E-state index >= 15 is 0 Å². The van der Waals surface area contributed by atoms with Crippen molar-refractivity contribution >= 4 is 17.6 Å². The van der Waals surface area contributed by atoms with Crippen LogP contribution in [0.3, 0.4) is 0 Å². The maximum atomic E-state index is 13.5. The molecular formula is C22H34FN5O2. The van der Waals surface area contributed by atoms with Gasteiger partial charge in [0.1, 0.15) is 12.4 Å². The van der Waals surface area contributed by atoms with Crippen molar-refractivity contribution in [3.63, 3.8) is 0 Å². The Hall–Kier alpha value is -2.35. The van der Waals surface area contributed by atoms with E-state index < -0.39 is 0 Å². The van der Waals surface area contributed by atoms with Crippen LogP contribution in [0.5, 0.6) is 0 Å². The van der Waals surface area contributed by atoms with Crippen LogP contribution in [0.1, 0.15) is 31.2 Å². The molecule has 0 radical (unpaired) electrons.